The van der Waals surface area contributed by atoms with Crippen LogP contribution in [0.1, 0.15) is 24.9 Å². The highest BCUT2D eigenvalue weighted by atomic mass is 79.9. The van der Waals surface area contributed by atoms with Crippen LogP contribution in [0.4, 0.5) is 4.39 Å². The number of hydrogen-bond acceptors (Lipinski definition) is 3. The molecule has 0 aliphatic carbocycles. The van der Waals surface area contributed by atoms with Crippen molar-refractivity contribution >= 4 is 40.7 Å². The molecule has 1 atom stereocenters. The Hall–Kier alpha value is -0.0700. The number of aromatic hydroxyl groups is 1. The molecule has 1 aliphatic heterocycles. The van der Waals surface area contributed by atoms with Crippen LogP contribution in [0, 0.1) is 5.82 Å². The minimum Gasteiger partial charge on any atom is -0.506 e. The van der Waals surface area contributed by atoms with Crippen LogP contribution in [-0.4, -0.2) is 36.2 Å². The molecule has 0 bridgehead atoms. The molecule has 7 heteroatoms. The molecule has 0 amide bonds. The van der Waals surface area contributed by atoms with E-state index in [1.807, 2.05) is 0 Å². The van der Waals surface area contributed by atoms with E-state index < -0.39 is 5.82 Å². The van der Waals surface area contributed by atoms with E-state index in [4.69, 9.17) is 0 Å². The maximum atomic E-state index is 13.3. The molecule has 0 saturated carbocycles. The van der Waals surface area contributed by atoms with Crippen molar-refractivity contribution in [2.24, 2.45) is 0 Å². The lowest BCUT2D eigenvalue weighted by Crippen LogP contribution is -2.45. The number of halogens is 4. The first-order chi connectivity index (χ1) is 8.65. The van der Waals surface area contributed by atoms with Gasteiger partial charge in [-0.3, -0.25) is 4.90 Å². The molecule has 1 aliphatic rings. The Morgan fingerprint density at radius 3 is 2.50 bits per heavy atom. The maximum absolute atomic E-state index is 13.3. The molecular formula is C13H20BrCl2FN2O. The standard InChI is InChI=1S/C13H18BrFN2O.2ClH/c1-2-11(17-7-5-16-6-8-17)9-3-4-10(15)12(14)13(9)18;;/h3-4,11,16,18H,2,5-8H2,1H3;2*1H/t11-;;/m0../s1. The van der Waals surface area contributed by atoms with Gasteiger partial charge in [0.15, 0.2) is 0 Å². The summed E-state index contributed by atoms with van der Waals surface area (Å²) in [6, 6.07) is 3.24. The van der Waals surface area contributed by atoms with Gasteiger partial charge in [0.1, 0.15) is 11.6 Å². The van der Waals surface area contributed by atoms with Gasteiger partial charge in [0.25, 0.3) is 0 Å². The van der Waals surface area contributed by atoms with E-state index in [1.165, 1.54) is 6.07 Å². The van der Waals surface area contributed by atoms with Crippen LogP contribution in [0.2, 0.25) is 0 Å². The fourth-order valence-corrected chi connectivity index (χ4v) is 2.85. The summed E-state index contributed by atoms with van der Waals surface area (Å²) in [5.74, 6) is -0.396. The SMILES string of the molecule is CC[C@@H](c1ccc(F)c(Br)c1O)N1CCNCC1.Cl.Cl. The summed E-state index contributed by atoms with van der Waals surface area (Å²) in [7, 11) is 0. The fraction of sp³-hybridized carbons (Fsp3) is 0.538. The number of phenolic OH excluding ortho intramolecular Hbond substituents is 1. The van der Waals surface area contributed by atoms with Crippen molar-refractivity contribution in [3.8, 4) is 5.75 Å². The lowest BCUT2D eigenvalue weighted by atomic mass is 10.0. The third-order valence-corrected chi connectivity index (χ3v) is 4.19. The maximum Gasteiger partial charge on any atom is 0.141 e. The molecule has 0 radical (unpaired) electrons. The van der Waals surface area contributed by atoms with Crippen LogP contribution in [0.5, 0.6) is 5.75 Å². The Labute approximate surface area is 139 Å². The van der Waals surface area contributed by atoms with Gasteiger partial charge in [-0.05, 0) is 28.4 Å². The minimum absolute atomic E-state index is 0. The Morgan fingerprint density at radius 2 is 1.95 bits per heavy atom. The van der Waals surface area contributed by atoms with Gasteiger partial charge in [0.2, 0.25) is 0 Å². The number of rotatable bonds is 3. The molecule has 0 spiro atoms. The van der Waals surface area contributed by atoms with Gasteiger partial charge < -0.3 is 10.4 Å². The second-order valence-electron chi connectivity index (χ2n) is 4.51. The third-order valence-electron chi connectivity index (χ3n) is 3.44. The molecule has 1 fully saturated rings. The Kier molecular flexibility index (Phi) is 9.02. The summed E-state index contributed by atoms with van der Waals surface area (Å²) in [6.45, 7) is 5.91. The summed E-state index contributed by atoms with van der Waals surface area (Å²) in [6.07, 6.45) is 0.894. The summed E-state index contributed by atoms with van der Waals surface area (Å²) < 4.78 is 13.5. The molecule has 0 aromatic heterocycles. The highest BCUT2D eigenvalue weighted by molar-refractivity contribution is 9.10. The third kappa shape index (κ3) is 4.21. The van der Waals surface area contributed by atoms with Gasteiger partial charge in [0.05, 0.1) is 4.47 Å². The molecule has 1 aromatic rings. The van der Waals surface area contributed by atoms with E-state index in [0.717, 1.165) is 38.2 Å². The number of nitrogens with one attached hydrogen (secondary N) is 1. The second kappa shape index (κ2) is 9.05. The first kappa shape index (κ1) is 19.9. The Bertz CT molecular complexity index is 431. The topological polar surface area (TPSA) is 35.5 Å². The molecular weight excluding hydrogens is 370 g/mol. The summed E-state index contributed by atoms with van der Waals surface area (Å²) in [4.78, 5) is 2.33. The summed E-state index contributed by atoms with van der Waals surface area (Å²) >= 11 is 3.10. The second-order valence-corrected chi connectivity index (χ2v) is 5.30. The molecule has 1 aromatic carbocycles. The zero-order chi connectivity index (χ0) is 13.1. The van der Waals surface area contributed by atoms with E-state index >= 15 is 0 Å². The van der Waals surface area contributed by atoms with E-state index in [2.05, 4.69) is 33.1 Å². The van der Waals surface area contributed by atoms with Crippen LogP contribution in [0.25, 0.3) is 0 Å². The van der Waals surface area contributed by atoms with Crippen LogP contribution in [0.15, 0.2) is 16.6 Å². The number of nitrogens with zero attached hydrogens (tertiary/aromatic N) is 1. The molecule has 3 nitrogen and oxygen atoms in total. The predicted octanol–water partition coefficient (Wildman–Crippen LogP) is 3.49. The lowest BCUT2D eigenvalue weighted by molar-refractivity contribution is 0.166. The summed E-state index contributed by atoms with van der Waals surface area (Å²) in [5, 5.41) is 13.4. The summed E-state index contributed by atoms with van der Waals surface area (Å²) in [5.41, 5.74) is 0.799. The van der Waals surface area contributed by atoms with Crippen LogP contribution >= 0.6 is 40.7 Å². The predicted molar refractivity (Wildman–Crippen MR) is 87.7 cm³/mol. The molecule has 0 unspecified atom stereocenters. The minimum atomic E-state index is -0.425. The van der Waals surface area contributed by atoms with Gasteiger partial charge >= 0.3 is 0 Å². The normalized spacial score (nSPS) is 16.9. The van der Waals surface area contributed by atoms with Gasteiger partial charge in [-0.1, -0.05) is 13.0 Å². The highest BCUT2D eigenvalue weighted by Gasteiger charge is 2.24. The van der Waals surface area contributed by atoms with Gasteiger partial charge in [0, 0.05) is 37.8 Å². The zero-order valence-corrected chi connectivity index (χ0v) is 14.5. The highest BCUT2D eigenvalue weighted by Crippen LogP contribution is 2.37. The molecule has 1 heterocycles. The van der Waals surface area contributed by atoms with Crippen LogP contribution < -0.4 is 5.32 Å². The number of hydrogen-bond donors (Lipinski definition) is 2. The first-order valence-corrected chi connectivity index (χ1v) is 7.06. The van der Waals surface area contributed by atoms with Crippen molar-refractivity contribution < 1.29 is 9.50 Å². The molecule has 20 heavy (non-hydrogen) atoms. The fourth-order valence-electron chi connectivity index (χ4n) is 2.49. The average Bonchev–Trinajstić information content (AvgIpc) is 2.41. The molecule has 1 saturated heterocycles. The van der Waals surface area contributed by atoms with Crippen LogP contribution in [-0.2, 0) is 0 Å². The van der Waals surface area contributed by atoms with Crippen LogP contribution in [0.3, 0.4) is 0 Å². The molecule has 2 rings (SSSR count). The van der Waals surface area contributed by atoms with Crippen molar-refractivity contribution in [1.82, 2.24) is 10.2 Å². The first-order valence-electron chi connectivity index (χ1n) is 6.26. The van der Waals surface area contributed by atoms with Crippen molar-refractivity contribution in [2.45, 2.75) is 19.4 Å². The number of piperazine rings is 1. The van der Waals surface area contributed by atoms with Gasteiger partial charge in [-0.25, -0.2) is 4.39 Å². The van der Waals surface area contributed by atoms with Gasteiger partial charge in [-0.15, -0.1) is 24.8 Å². The average molecular weight is 390 g/mol. The van der Waals surface area contributed by atoms with E-state index in [-0.39, 0.29) is 41.1 Å². The van der Waals surface area contributed by atoms with E-state index in [0.29, 0.717) is 0 Å². The number of benzene rings is 1. The largest absolute Gasteiger partial charge is 0.506 e. The smallest absolute Gasteiger partial charge is 0.141 e. The van der Waals surface area contributed by atoms with Crippen molar-refractivity contribution in [2.75, 3.05) is 26.2 Å². The molecule has 116 valence electrons. The Balaban J connectivity index is 0.00000180. The van der Waals surface area contributed by atoms with E-state index in [9.17, 15) is 9.50 Å². The Morgan fingerprint density at radius 1 is 1.35 bits per heavy atom. The lowest BCUT2D eigenvalue weighted by Gasteiger charge is -2.35. The quantitative estimate of drug-likeness (QED) is 0.830. The number of phenols is 1. The molecule has 2 N–H and O–H groups in total. The van der Waals surface area contributed by atoms with Crippen molar-refractivity contribution in [3.05, 3.63) is 28.0 Å². The van der Waals surface area contributed by atoms with Crippen molar-refractivity contribution in [3.63, 3.8) is 0 Å². The van der Waals surface area contributed by atoms with E-state index in [1.54, 1.807) is 6.07 Å². The monoisotopic (exact) mass is 388 g/mol. The zero-order valence-electron chi connectivity index (χ0n) is 11.2. The van der Waals surface area contributed by atoms with Crippen molar-refractivity contribution in [1.29, 1.82) is 0 Å². The van der Waals surface area contributed by atoms with Gasteiger partial charge in [-0.2, -0.15) is 0 Å².